The van der Waals surface area contributed by atoms with Crippen LogP contribution < -0.4 is 11.1 Å². The number of nitrogens with zero attached hydrogens (tertiary/aromatic N) is 4. The Labute approximate surface area is 214 Å². The van der Waals surface area contributed by atoms with E-state index in [9.17, 15) is 18.4 Å². The summed E-state index contributed by atoms with van der Waals surface area (Å²) < 4.78 is 28.5. The highest BCUT2D eigenvalue weighted by Crippen LogP contribution is 2.39. The molecular weight excluding hydrogens is 498 g/mol. The highest BCUT2D eigenvalue weighted by Gasteiger charge is 2.25. The summed E-state index contributed by atoms with van der Waals surface area (Å²) in [6.45, 7) is 6.23. The van der Waals surface area contributed by atoms with Gasteiger partial charge in [-0.3, -0.25) is 14.3 Å². The van der Waals surface area contributed by atoms with Crippen LogP contribution >= 0.6 is 11.3 Å². The van der Waals surface area contributed by atoms with Crippen molar-refractivity contribution in [1.82, 2.24) is 19.7 Å². The van der Waals surface area contributed by atoms with Gasteiger partial charge in [0.25, 0.3) is 18.2 Å². The van der Waals surface area contributed by atoms with Gasteiger partial charge in [0, 0.05) is 28.6 Å². The van der Waals surface area contributed by atoms with E-state index in [1.54, 1.807) is 31.3 Å². The fraction of sp³-hybridized carbons (Fsp3) is 0.192. The van der Waals surface area contributed by atoms with Crippen molar-refractivity contribution in [3.05, 3.63) is 70.0 Å². The standard InChI is InChI=1S/C26H22F2N6O2S/c1-4-34-13(3)16(11-30-34)18-10-15(14-7-5-6-8-17(14)31-18)25(36)33-21-20-12(2)9-19(23(27)28)32-26(20)37-22(21)24(29)35/h5-11,23H,4H2,1-3H3,(H2,29,35)(H,33,36). The third-order valence-electron chi connectivity index (χ3n) is 6.20. The molecule has 5 aromatic rings. The minimum absolute atomic E-state index is 0.0315. The van der Waals surface area contributed by atoms with Crippen molar-refractivity contribution in [3.63, 3.8) is 0 Å². The molecule has 0 bridgehead atoms. The molecule has 188 valence electrons. The lowest BCUT2D eigenvalue weighted by Gasteiger charge is -2.12. The van der Waals surface area contributed by atoms with Crippen molar-refractivity contribution >= 4 is 50.0 Å². The maximum atomic E-state index is 13.7. The van der Waals surface area contributed by atoms with E-state index >= 15 is 0 Å². The van der Waals surface area contributed by atoms with Gasteiger partial charge in [0.1, 0.15) is 15.4 Å². The van der Waals surface area contributed by atoms with E-state index in [-0.39, 0.29) is 15.4 Å². The average Bonchev–Trinajstić information content (AvgIpc) is 3.43. The van der Waals surface area contributed by atoms with Crippen LogP contribution in [0.1, 0.15) is 50.3 Å². The number of benzene rings is 1. The number of hydrogen-bond donors (Lipinski definition) is 2. The van der Waals surface area contributed by atoms with Crippen LogP contribution in [0.25, 0.3) is 32.4 Å². The summed E-state index contributed by atoms with van der Waals surface area (Å²) in [5.41, 5.74) is 8.99. The number of alkyl halides is 2. The van der Waals surface area contributed by atoms with Crippen molar-refractivity contribution in [1.29, 1.82) is 0 Å². The Bertz CT molecular complexity index is 1710. The Morgan fingerprint density at radius 2 is 1.92 bits per heavy atom. The molecule has 11 heteroatoms. The largest absolute Gasteiger partial charge is 0.365 e. The smallest absolute Gasteiger partial charge is 0.280 e. The summed E-state index contributed by atoms with van der Waals surface area (Å²) in [5, 5.41) is 8.21. The molecular formula is C26H22F2N6O2S. The maximum Gasteiger partial charge on any atom is 0.280 e. The minimum Gasteiger partial charge on any atom is -0.365 e. The number of rotatable bonds is 6. The van der Waals surface area contributed by atoms with Gasteiger partial charge >= 0.3 is 0 Å². The number of amides is 2. The van der Waals surface area contributed by atoms with E-state index in [0.717, 1.165) is 22.6 Å². The predicted octanol–water partition coefficient (Wildman–Crippen LogP) is 5.63. The molecule has 8 nitrogen and oxygen atoms in total. The Morgan fingerprint density at radius 3 is 2.59 bits per heavy atom. The molecule has 0 spiro atoms. The molecule has 0 fully saturated rings. The second-order valence-electron chi connectivity index (χ2n) is 8.50. The summed E-state index contributed by atoms with van der Waals surface area (Å²) in [5.74, 6) is -1.29. The van der Waals surface area contributed by atoms with Crippen LogP contribution in [0.4, 0.5) is 14.5 Å². The van der Waals surface area contributed by atoms with Gasteiger partial charge in [-0.25, -0.2) is 18.7 Å². The van der Waals surface area contributed by atoms with Crippen LogP contribution in [-0.2, 0) is 6.54 Å². The highest BCUT2D eigenvalue weighted by atomic mass is 32.1. The van der Waals surface area contributed by atoms with Crippen LogP contribution in [0.15, 0.2) is 42.6 Å². The van der Waals surface area contributed by atoms with E-state index in [0.29, 0.717) is 39.7 Å². The Balaban J connectivity index is 1.66. The summed E-state index contributed by atoms with van der Waals surface area (Å²) >= 11 is 0.869. The topological polar surface area (TPSA) is 116 Å². The molecule has 37 heavy (non-hydrogen) atoms. The summed E-state index contributed by atoms with van der Waals surface area (Å²) in [6.07, 6.45) is -1.06. The van der Waals surface area contributed by atoms with Gasteiger partial charge in [0.05, 0.1) is 28.7 Å². The number of hydrogen-bond acceptors (Lipinski definition) is 6. The zero-order chi connectivity index (χ0) is 26.4. The van der Waals surface area contributed by atoms with Crippen molar-refractivity contribution in [3.8, 4) is 11.3 Å². The van der Waals surface area contributed by atoms with Gasteiger partial charge in [0.15, 0.2) is 0 Å². The van der Waals surface area contributed by atoms with Gasteiger partial charge < -0.3 is 11.1 Å². The van der Waals surface area contributed by atoms with Crippen molar-refractivity contribution < 1.29 is 18.4 Å². The number of nitrogens with two attached hydrogens (primary N) is 1. The fourth-order valence-corrected chi connectivity index (χ4v) is 5.48. The number of pyridine rings is 2. The van der Waals surface area contributed by atoms with Crippen LogP contribution in [0.2, 0.25) is 0 Å². The first-order chi connectivity index (χ1) is 17.7. The number of primary amides is 1. The van der Waals surface area contributed by atoms with Gasteiger partial charge in [-0.2, -0.15) is 5.10 Å². The number of anilines is 1. The molecule has 0 aliphatic rings. The van der Waals surface area contributed by atoms with Gasteiger partial charge in [-0.15, -0.1) is 11.3 Å². The number of carbonyl (C=O) groups is 2. The van der Waals surface area contributed by atoms with E-state index in [4.69, 9.17) is 10.7 Å². The predicted molar refractivity (Wildman–Crippen MR) is 139 cm³/mol. The van der Waals surface area contributed by atoms with Crippen LogP contribution in [0.3, 0.4) is 0 Å². The SMILES string of the molecule is CCn1ncc(-c2cc(C(=O)Nc3c(C(N)=O)sc4nc(C(F)F)cc(C)c34)c3ccccc3n2)c1C. The van der Waals surface area contributed by atoms with Gasteiger partial charge in [-0.05, 0) is 44.5 Å². The van der Waals surface area contributed by atoms with Crippen molar-refractivity contribution in [2.75, 3.05) is 5.32 Å². The monoisotopic (exact) mass is 520 g/mol. The molecule has 0 atom stereocenters. The third-order valence-corrected chi connectivity index (χ3v) is 7.30. The highest BCUT2D eigenvalue weighted by molar-refractivity contribution is 7.21. The first kappa shape index (κ1) is 24.4. The van der Waals surface area contributed by atoms with Crippen molar-refractivity contribution in [2.45, 2.75) is 33.7 Å². The molecule has 3 N–H and O–H groups in total. The number of carbonyl (C=O) groups excluding carboxylic acids is 2. The Hall–Kier alpha value is -4.25. The number of aromatic nitrogens is 4. The number of para-hydroxylation sites is 1. The number of halogens is 2. The lowest BCUT2D eigenvalue weighted by atomic mass is 10.0. The van der Waals surface area contributed by atoms with E-state index in [1.807, 2.05) is 30.7 Å². The summed E-state index contributed by atoms with van der Waals surface area (Å²) in [4.78, 5) is 34.9. The van der Waals surface area contributed by atoms with Crippen molar-refractivity contribution in [2.24, 2.45) is 5.73 Å². The normalized spacial score (nSPS) is 11.5. The first-order valence-corrected chi connectivity index (χ1v) is 12.3. The van der Waals surface area contributed by atoms with E-state index in [1.165, 1.54) is 6.07 Å². The lowest BCUT2D eigenvalue weighted by molar-refractivity contribution is 0.100. The number of fused-ring (bicyclic) bond motifs is 2. The lowest BCUT2D eigenvalue weighted by Crippen LogP contribution is -2.17. The summed E-state index contributed by atoms with van der Waals surface area (Å²) in [7, 11) is 0. The Morgan fingerprint density at radius 1 is 1.16 bits per heavy atom. The minimum atomic E-state index is -2.78. The molecule has 0 unspecified atom stereocenters. The molecule has 0 aliphatic heterocycles. The second-order valence-corrected chi connectivity index (χ2v) is 9.50. The Kier molecular flexibility index (Phi) is 6.16. The van der Waals surface area contributed by atoms with Gasteiger partial charge in [-0.1, -0.05) is 18.2 Å². The molecule has 5 rings (SSSR count). The fourth-order valence-electron chi connectivity index (χ4n) is 4.41. The zero-order valence-corrected chi connectivity index (χ0v) is 21.0. The number of aryl methyl sites for hydroxylation is 2. The third kappa shape index (κ3) is 4.20. The number of thiophene rings is 1. The molecule has 2 amide bonds. The van der Waals surface area contributed by atoms with E-state index in [2.05, 4.69) is 15.4 Å². The molecule has 0 saturated carbocycles. The first-order valence-electron chi connectivity index (χ1n) is 11.5. The van der Waals surface area contributed by atoms with Crippen LogP contribution in [-0.4, -0.2) is 31.6 Å². The summed E-state index contributed by atoms with van der Waals surface area (Å²) in [6, 6.07) is 10.1. The maximum absolute atomic E-state index is 13.7. The zero-order valence-electron chi connectivity index (χ0n) is 20.2. The molecule has 1 aromatic carbocycles. The van der Waals surface area contributed by atoms with Crippen LogP contribution in [0, 0.1) is 13.8 Å². The molecule has 4 aromatic heterocycles. The molecule has 4 heterocycles. The quantitative estimate of drug-likeness (QED) is 0.301. The van der Waals surface area contributed by atoms with Crippen LogP contribution in [0.5, 0.6) is 0 Å². The van der Waals surface area contributed by atoms with E-state index < -0.39 is 23.9 Å². The number of nitrogens with one attached hydrogen (secondary N) is 1. The second kappa shape index (κ2) is 9.32. The average molecular weight is 521 g/mol. The molecule has 0 saturated heterocycles. The molecule has 0 aliphatic carbocycles. The van der Waals surface area contributed by atoms with Gasteiger partial charge in [0.2, 0.25) is 0 Å². The molecule has 0 radical (unpaired) electrons.